The lowest BCUT2D eigenvalue weighted by molar-refractivity contribution is 0.0169. The first-order valence-corrected chi connectivity index (χ1v) is 5.71. The lowest BCUT2D eigenvalue weighted by atomic mass is 9.86. The number of terminal acetylenes is 1. The Kier molecular flexibility index (Phi) is 3.28. The zero-order valence-electron chi connectivity index (χ0n) is 9.37. The lowest BCUT2D eigenvalue weighted by Gasteiger charge is -2.33. The maximum atomic E-state index is 10.4. The van der Waals surface area contributed by atoms with Gasteiger partial charge in [-0.25, -0.2) is 0 Å². The van der Waals surface area contributed by atoms with E-state index in [0.29, 0.717) is 13.0 Å². The van der Waals surface area contributed by atoms with E-state index in [1.54, 1.807) is 0 Å². The highest BCUT2D eigenvalue weighted by Crippen LogP contribution is 2.22. The van der Waals surface area contributed by atoms with Crippen molar-refractivity contribution in [2.45, 2.75) is 24.9 Å². The fraction of sp³-hybridized carbons (Fsp3) is 0.429. The number of nitrogens with one attached hydrogen (secondary N) is 1. The largest absolute Gasteiger partial charge is 0.388 e. The van der Waals surface area contributed by atoms with Crippen molar-refractivity contribution in [3.05, 3.63) is 35.4 Å². The molecular weight excluding hydrogens is 198 g/mol. The summed E-state index contributed by atoms with van der Waals surface area (Å²) in [5.41, 5.74) is 1.32. The maximum Gasteiger partial charge on any atom is 0.0812 e. The molecule has 0 amide bonds. The van der Waals surface area contributed by atoms with E-state index in [9.17, 15) is 5.11 Å². The second kappa shape index (κ2) is 4.69. The molecular formula is C14H17NO. The van der Waals surface area contributed by atoms with Crippen molar-refractivity contribution >= 4 is 0 Å². The van der Waals surface area contributed by atoms with Crippen molar-refractivity contribution < 1.29 is 5.11 Å². The van der Waals surface area contributed by atoms with E-state index in [2.05, 4.69) is 11.2 Å². The zero-order valence-corrected chi connectivity index (χ0v) is 9.37. The zero-order chi connectivity index (χ0) is 11.4. The molecule has 1 aromatic carbocycles. The summed E-state index contributed by atoms with van der Waals surface area (Å²) in [7, 11) is 0. The van der Waals surface area contributed by atoms with E-state index < -0.39 is 5.60 Å². The van der Waals surface area contributed by atoms with Gasteiger partial charge in [-0.2, -0.15) is 0 Å². The summed E-state index contributed by atoms with van der Waals surface area (Å²) in [6.45, 7) is 1.66. The van der Waals surface area contributed by atoms with Crippen LogP contribution < -0.4 is 5.32 Å². The number of piperidine rings is 1. The molecule has 1 fully saturated rings. The van der Waals surface area contributed by atoms with Crippen LogP contribution >= 0.6 is 0 Å². The molecule has 1 aromatic rings. The van der Waals surface area contributed by atoms with Crippen molar-refractivity contribution in [1.29, 1.82) is 0 Å². The summed E-state index contributed by atoms with van der Waals surface area (Å²) in [6, 6.07) is 7.83. The molecule has 1 atom stereocenters. The minimum atomic E-state index is -0.634. The Morgan fingerprint density at radius 2 is 2.25 bits per heavy atom. The molecule has 2 N–H and O–H groups in total. The summed E-state index contributed by atoms with van der Waals surface area (Å²) >= 11 is 0. The third-order valence-electron chi connectivity index (χ3n) is 3.14. The van der Waals surface area contributed by atoms with Gasteiger partial charge in [0.25, 0.3) is 0 Å². The number of hydrogen-bond acceptors (Lipinski definition) is 2. The van der Waals surface area contributed by atoms with Crippen LogP contribution in [0.2, 0.25) is 0 Å². The van der Waals surface area contributed by atoms with Crippen molar-refractivity contribution in [3.63, 3.8) is 0 Å². The highest BCUT2D eigenvalue weighted by atomic mass is 16.3. The van der Waals surface area contributed by atoms with Crippen LogP contribution in [0.1, 0.15) is 24.0 Å². The topological polar surface area (TPSA) is 32.3 Å². The molecule has 2 rings (SSSR count). The molecule has 0 bridgehead atoms. The van der Waals surface area contributed by atoms with Crippen molar-refractivity contribution in [1.82, 2.24) is 5.32 Å². The summed E-state index contributed by atoms with van der Waals surface area (Å²) in [5, 5.41) is 13.6. The maximum absolute atomic E-state index is 10.4. The van der Waals surface area contributed by atoms with Crippen LogP contribution in [0.5, 0.6) is 0 Å². The van der Waals surface area contributed by atoms with Crippen LogP contribution in [0.15, 0.2) is 24.3 Å². The van der Waals surface area contributed by atoms with Gasteiger partial charge in [0.2, 0.25) is 0 Å². The van der Waals surface area contributed by atoms with Gasteiger partial charge >= 0.3 is 0 Å². The van der Waals surface area contributed by atoms with E-state index in [4.69, 9.17) is 6.42 Å². The van der Waals surface area contributed by atoms with Gasteiger partial charge in [0, 0.05) is 18.5 Å². The van der Waals surface area contributed by atoms with Crippen LogP contribution in [0.25, 0.3) is 0 Å². The molecule has 1 saturated heterocycles. The Hall–Kier alpha value is -1.30. The smallest absolute Gasteiger partial charge is 0.0812 e. The molecule has 0 aliphatic carbocycles. The second-order valence-electron chi connectivity index (χ2n) is 4.48. The molecule has 0 saturated carbocycles. The summed E-state index contributed by atoms with van der Waals surface area (Å²) in [6.07, 6.45) is 7.96. The normalized spacial score (nSPS) is 25.0. The van der Waals surface area contributed by atoms with Crippen LogP contribution in [-0.4, -0.2) is 23.8 Å². The first kappa shape index (κ1) is 11.2. The number of aliphatic hydroxyl groups is 1. The van der Waals surface area contributed by atoms with Crippen LogP contribution in [0, 0.1) is 12.3 Å². The lowest BCUT2D eigenvalue weighted by Crippen LogP contribution is -2.47. The first-order chi connectivity index (χ1) is 7.73. The minimum Gasteiger partial charge on any atom is -0.388 e. The summed E-state index contributed by atoms with van der Waals surface area (Å²) < 4.78 is 0. The number of benzene rings is 1. The van der Waals surface area contributed by atoms with Gasteiger partial charge in [0.05, 0.1) is 5.60 Å². The summed E-state index contributed by atoms with van der Waals surface area (Å²) in [4.78, 5) is 0. The highest BCUT2D eigenvalue weighted by molar-refractivity contribution is 5.40. The molecule has 1 aliphatic rings. The fourth-order valence-electron chi connectivity index (χ4n) is 2.27. The molecule has 1 heterocycles. The van der Waals surface area contributed by atoms with Gasteiger partial charge < -0.3 is 10.4 Å². The number of hydrogen-bond donors (Lipinski definition) is 2. The van der Waals surface area contributed by atoms with Gasteiger partial charge in [0.1, 0.15) is 0 Å². The Morgan fingerprint density at radius 3 is 2.94 bits per heavy atom. The molecule has 2 nitrogen and oxygen atoms in total. The Balaban J connectivity index is 2.16. The predicted molar refractivity (Wildman–Crippen MR) is 65.1 cm³/mol. The molecule has 1 unspecified atom stereocenters. The van der Waals surface area contributed by atoms with Crippen LogP contribution in [0.3, 0.4) is 0 Å². The Labute approximate surface area is 96.7 Å². The molecule has 0 aromatic heterocycles. The molecule has 0 spiro atoms. The third-order valence-corrected chi connectivity index (χ3v) is 3.14. The number of β-amino-alcohol motifs (C(OH)–C–C–N with tert-alkyl or cyclic N) is 1. The first-order valence-electron chi connectivity index (χ1n) is 5.71. The Bertz CT molecular complexity index is 399. The van der Waals surface area contributed by atoms with Crippen molar-refractivity contribution in [2.24, 2.45) is 0 Å². The second-order valence-corrected chi connectivity index (χ2v) is 4.48. The quantitative estimate of drug-likeness (QED) is 0.729. The van der Waals surface area contributed by atoms with Gasteiger partial charge in [-0.15, -0.1) is 6.42 Å². The van der Waals surface area contributed by atoms with Crippen molar-refractivity contribution in [3.8, 4) is 12.3 Å². The van der Waals surface area contributed by atoms with Crippen molar-refractivity contribution in [2.75, 3.05) is 13.1 Å². The fourth-order valence-corrected chi connectivity index (χ4v) is 2.27. The minimum absolute atomic E-state index is 0.634. The molecule has 16 heavy (non-hydrogen) atoms. The SMILES string of the molecule is C#Cc1ccccc1CC1(O)CCCNC1. The van der Waals surface area contributed by atoms with E-state index in [1.807, 2.05) is 24.3 Å². The molecule has 1 aliphatic heterocycles. The summed E-state index contributed by atoms with van der Waals surface area (Å²) in [5.74, 6) is 2.67. The van der Waals surface area contributed by atoms with Crippen LogP contribution in [-0.2, 0) is 6.42 Å². The van der Waals surface area contributed by atoms with Gasteiger partial charge in [-0.05, 0) is 31.0 Å². The van der Waals surface area contributed by atoms with Gasteiger partial charge in [0.15, 0.2) is 0 Å². The number of rotatable bonds is 2. The van der Waals surface area contributed by atoms with E-state index in [0.717, 1.165) is 30.5 Å². The van der Waals surface area contributed by atoms with Gasteiger partial charge in [-0.3, -0.25) is 0 Å². The standard InChI is InChI=1S/C14H17NO/c1-2-12-6-3-4-7-13(12)10-14(16)8-5-9-15-11-14/h1,3-4,6-7,15-16H,5,8-11H2. The Morgan fingerprint density at radius 1 is 1.44 bits per heavy atom. The van der Waals surface area contributed by atoms with E-state index in [-0.39, 0.29) is 0 Å². The highest BCUT2D eigenvalue weighted by Gasteiger charge is 2.29. The monoisotopic (exact) mass is 215 g/mol. The van der Waals surface area contributed by atoms with Gasteiger partial charge in [-0.1, -0.05) is 24.1 Å². The van der Waals surface area contributed by atoms with Crippen LogP contribution in [0.4, 0.5) is 0 Å². The third kappa shape index (κ3) is 2.44. The van der Waals surface area contributed by atoms with E-state index >= 15 is 0 Å². The molecule has 0 radical (unpaired) electrons. The average Bonchev–Trinajstić information content (AvgIpc) is 2.30. The molecule has 84 valence electrons. The predicted octanol–water partition coefficient (Wildman–Crippen LogP) is 1.32. The average molecular weight is 215 g/mol. The van der Waals surface area contributed by atoms with E-state index in [1.165, 1.54) is 0 Å². The molecule has 2 heteroatoms.